The highest BCUT2D eigenvalue weighted by atomic mass is 127. The largest absolute Gasteiger partial charge is 0.484 e. The lowest BCUT2D eigenvalue weighted by Gasteiger charge is -2.21. The number of primary amides is 1. The molecule has 0 spiro atoms. The minimum atomic E-state index is -0.491. The molecule has 7 nitrogen and oxygen atoms in total. The van der Waals surface area contributed by atoms with Gasteiger partial charge in [-0.15, -0.1) is 24.0 Å². The number of nitrogens with two attached hydrogens (primary N) is 1. The average Bonchev–Trinajstić information content (AvgIpc) is 3.25. The lowest BCUT2D eigenvalue weighted by molar-refractivity contribution is -0.119. The Balaban J connectivity index is 0.00000363. The number of benzene rings is 2. The second-order valence-electron chi connectivity index (χ2n) is 7.67. The molecular formula is C24H33IN4O3. The molecule has 3 rings (SSSR count). The van der Waals surface area contributed by atoms with Crippen molar-refractivity contribution in [2.24, 2.45) is 16.6 Å². The van der Waals surface area contributed by atoms with Crippen LogP contribution in [0.3, 0.4) is 0 Å². The van der Waals surface area contributed by atoms with Gasteiger partial charge in [0, 0.05) is 25.6 Å². The van der Waals surface area contributed by atoms with Gasteiger partial charge < -0.3 is 25.4 Å². The van der Waals surface area contributed by atoms with Crippen molar-refractivity contribution in [2.45, 2.75) is 26.5 Å². The zero-order chi connectivity index (χ0) is 21.9. The van der Waals surface area contributed by atoms with E-state index >= 15 is 0 Å². The maximum Gasteiger partial charge on any atom is 0.255 e. The maximum absolute atomic E-state index is 10.9. The molecule has 8 heteroatoms. The van der Waals surface area contributed by atoms with Crippen molar-refractivity contribution in [3.05, 3.63) is 65.7 Å². The van der Waals surface area contributed by atoms with Crippen molar-refractivity contribution in [1.82, 2.24) is 10.2 Å². The van der Waals surface area contributed by atoms with Gasteiger partial charge in [-0.1, -0.05) is 42.5 Å². The zero-order valence-electron chi connectivity index (χ0n) is 18.5. The fourth-order valence-corrected chi connectivity index (χ4v) is 3.56. The van der Waals surface area contributed by atoms with E-state index in [9.17, 15) is 4.79 Å². The Morgan fingerprint density at radius 3 is 2.72 bits per heavy atom. The van der Waals surface area contributed by atoms with Gasteiger partial charge in [-0.2, -0.15) is 0 Å². The monoisotopic (exact) mass is 552 g/mol. The molecule has 1 unspecified atom stereocenters. The second-order valence-corrected chi connectivity index (χ2v) is 7.67. The molecule has 174 valence electrons. The normalized spacial score (nSPS) is 15.8. The summed E-state index contributed by atoms with van der Waals surface area (Å²) in [5.74, 6) is 1.54. The van der Waals surface area contributed by atoms with Crippen molar-refractivity contribution in [3.63, 3.8) is 0 Å². The average molecular weight is 552 g/mol. The van der Waals surface area contributed by atoms with Crippen molar-refractivity contribution in [1.29, 1.82) is 0 Å². The molecule has 0 aliphatic carbocycles. The number of carbonyl (C=O) groups excluding carboxylic acids is 1. The molecule has 32 heavy (non-hydrogen) atoms. The lowest BCUT2D eigenvalue weighted by atomic mass is 10.1. The number of nitrogens with zero attached hydrogens (tertiary/aromatic N) is 2. The number of ether oxygens (including phenoxy) is 2. The van der Waals surface area contributed by atoms with Crippen molar-refractivity contribution in [2.75, 3.05) is 32.8 Å². The molecule has 2 aromatic carbocycles. The molecule has 1 saturated heterocycles. The Hall–Kier alpha value is -2.33. The first-order valence-corrected chi connectivity index (χ1v) is 10.8. The third-order valence-corrected chi connectivity index (χ3v) is 5.08. The van der Waals surface area contributed by atoms with Crippen LogP contribution in [0.15, 0.2) is 59.6 Å². The fraction of sp³-hybridized carbons (Fsp3) is 0.417. The number of carbonyl (C=O) groups is 1. The number of guanidine groups is 1. The highest BCUT2D eigenvalue weighted by Gasteiger charge is 2.25. The first kappa shape index (κ1) is 25.9. The summed E-state index contributed by atoms with van der Waals surface area (Å²) in [5, 5.41) is 3.39. The van der Waals surface area contributed by atoms with Crippen LogP contribution >= 0.6 is 24.0 Å². The molecule has 1 heterocycles. The van der Waals surface area contributed by atoms with Crippen molar-refractivity contribution >= 4 is 35.8 Å². The van der Waals surface area contributed by atoms with E-state index in [0.717, 1.165) is 44.2 Å². The number of rotatable bonds is 10. The van der Waals surface area contributed by atoms with E-state index in [2.05, 4.69) is 29.3 Å². The van der Waals surface area contributed by atoms with E-state index in [-0.39, 0.29) is 30.6 Å². The zero-order valence-corrected chi connectivity index (χ0v) is 20.9. The van der Waals surface area contributed by atoms with Crippen LogP contribution < -0.4 is 15.8 Å². The minimum absolute atomic E-state index is 0. The number of nitrogens with one attached hydrogen (secondary N) is 1. The molecule has 0 saturated carbocycles. The summed E-state index contributed by atoms with van der Waals surface area (Å²) in [6.45, 7) is 6.59. The second kappa shape index (κ2) is 13.9. The third-order valence-electron chi connectivity index (χ3n) is 5.08. The summed E-state index contributed by atoms with van der Waals surface area (Å²) in [6.07, 6.45) is 1.09. The van der Waals surface area contributed by atoms with E-state index in [1.165, 1.54) is 5.56 Å². The molecule has 0 bridgehead atoms. The van der Waals surface area contributed by atoms with Crippen molar-refractivity contribution < 1.29 is 14.3 Å². The van der Waals surface area contributed by atoms with E-state index < -0.39 is 5.91 Å². The van der Waals surface area contributed by atoms with Gasteiger partial charge in [0.05, 0.1) is 19.8 Å². The summed E-state index contributed by atoms with van der Waals surface area (Å²) in [7, 11) is 0. The lowest BCUT2D eigenvalue weighted by Crippen LogP contribution is -2.40. The Kier molecular flexibility index (Phi) is 11.3. The molecule has 3 N–H and O–H groups in total. The molecule has 2 aromatic rings. The number of halogens is 1. The summed E-state index contributed by atoms with van der Waals surface area (Å²) in [6, 6.07) is 17.9. The highest BCUT2D eigenvalue weighted by Crippen LogP contribution is 2.18. The van der Waals surface area contributed by atoms with Gasteiger partial charge >= 0.3 is 0 Å². The topological polar surface area (TPSA) is 89.2 Å². The molecule has 1 amide bonds. The maximum atomic E-state index is 10.9. The fourth-order valence-electron chi connectivity index (χ4n) is 3.56. The first-order valence-electron chi connectivity index (χ1n) is 10.8. The van der Waals surface area contributed by atoms with E-state index in [1.807, 2.05) is 42.5 Å². The summed E-state index contributed by atoms with van der Waals surface area (Å²) < 4.78 is 11.3. The number of hydrogen-bond donors (Lipinski definition) is 2. The molecule has 0 aromatic heterocycles. The van der Waals surface area contributed by atoms with Crippen LogP contribution in [0.2, 0.25) is 0 Å². The minimum Gasteiger partial charge on any atom is -0.484 e. The molecule has 0 radical (unpaired) electrons. The van der Waals surface area contributed by atoms with Crippen LogP contribution in [-0.2, 0) is 22.7 Å². The number of amides is 1. The van der Waals surface area contributed by atoms with Gasteiger partial charge in [-0.3, -0.25) is 4.79 Å². The Morgan fingerprint density at radius 2 is 1.97 bits per heavy atom. The molecular weight excluding hydrogens is 519 g/mol. The van der Waals surface area contributed by atoms with Crippen LogP contribution in [0, 0.1) is 5.92 Å². The molecule has 1 fully saturated rings. The van der Waals surface area contributed by atoms with Crippen LogP contribution in [-0.4, -0.2) is 49.6 Å². The Bertz CT molecular complexity index is 863. The van der Waals surface area contributed by atoms with Gasteiger partial charge in [0.25, 0.3) is 5.91 Å². The quantitative estimate of drug-likeness (QED) is 0.269. The number of hydrogen-bond acceptors (Lipinski definition) is 4. The van der Waals surface area contributed by atoms with Crippen LogP contribution in [0.5, 0.6) is 5.75 Å². The van der Waals surface area contributed by atoms with Gasteiger partial charge in [-0.05, 0) is 36.6 Å². The van der Waals surface area contributed by atoms with E-state index in [1.54, 1.807) is 0 Å². The van der Waals surface area contributed by atoms with E-state index in [0.29, 0.717) is 24.8 Å². The molecule has 1 atom stereocenters. The first-order chi connectivity index (χ1) is 15.1. The number of likely N-dealkylation sites (tertiary alicyclic amines) is 1. The van der Waals surface area contributed by atoms with Gasteiger partial charge in [0.15, 0.2) is 12.6 Å². The Morgan fingerprint density at radius 1 is 1.19 bits per heavy atom. The van der Waals surface area contributed by atoms with Gasteiger partial charge in [-0.25, -0.2) is 4.99 Å². The summed E-state index contributed by atoms with van der Waals surface area (Å²) in [4.78, 5) is 18.0. The predicted molar refractivity (Wildman–Crippen MR) is 137 cm³/mol. The third kappa shape index (κ3) is 8.66. The number of aliphatic imine (C=N–C) groups is 1. The van der Waals surface area contributed by atoms with Gasteiger partial charge in [0.2, 0.25) is 0 Å². The SMILES string of the molecule is CCNC(=NCc1cccc(OCC(N)=O)c1)N1CCC(COCc2ccccc2)C1.I. The molecule has 1 aliphatic rings. The van der Waals surface area contributed by atoms with Crippen LogP contribution in [0.25, 0.3) is 0 Å². The predicted octanol–water partition coefficient (Wildman–Crippen LogP) is 3.17. The summed E-state index contributed by atoms with van der Waals surface area (Å²) >= 11 is 0. The van der Waals surface area contributed by atoms with Crippen LogP contribution in [0.4, 0.5) is 0 Å². The van der Waals surface area contributed by atoms with Crippen molar-refractivity contribution in [3.8, 4) is 5.75 Å². The van der Waals surface area contributed by atoms with Crippen LogP contribution in [0.1, 0.15) is 24.5 Å². The molecule has 1 aliphatic heterocycles. The Labute approximate surface area is 207 Å². The smallest absolute Gasteiger partial charge is 0.255 e. The van der Waals surface area contributed by atoms with E-state index in [4.69, 9.17) is 20.2 Å². The highest BCUT2D eigenvalue weighted by molar-refractivity contribution is 14.0. The van der Waals surface area contributed by atoms with Gasteiger partial charge in [0.1, 0.15) is 5.75 Å². The standard InChI is InChI=1S/C24H32N4O3.HI/c1-2-26-24(27-14-20-9-6-10-22(13-20)31-18-23(25)29)28-12-11-21(15-28)17-30-16-19-7-4-3-5-8-19;/h3-10,13,21H,2,11-12,14-18H2,1H3,(H2,25,29)(H,26,27);1H. The summed E-state index contributed by atoms with van der Waals surface area (Å²) in [5.41, 5.74) is 7.36.